The summed E-state index contributed by atoms with van der Waals surface area (Å²) in [5.41, 5.74) is 1.08. The van der Waals surface area contributed by atoms with Crippen molar-refractivity contribution in [2.24, 2.45) is 0 Å². The number of urea groups is 1. The predicted octanol–water partition coefficient (Wildman–Crippen LogP) is 0.509. The Labute approximate surface area is 122 Å². The molecule has 0 heterocycles. The van der Waals surface area contributed by atoms with Crippen LogP contribution in [0.3, 0.4) is 0 Å². The molecule has 4 N–H and O–H groups in total. The smallest absolute Gasteiger partial charge is 0.326 e. The highest BCUT2D eigenvalue weighted by Gasteiger charge is 2.18. The lowest BCUT2D eigenvalue weighted by atomic mass is 10.2. The van der Waals surface area contributed by atoms with Gasteiger partial charge in [0.2, 0.25) is 0 Å². The van der Waals surface area contributed by atoms with E-state index in [2.05, 4.69) is 10.6 Å². The molecular weight excluding hydrogens is 276 g/mol. The molecule has 0 spiro atoms. The molecule has 7 nitrogen and oxygen atoms in total. The summed E-state index contributed by atoms with van der Waals surface area (Å²) in [7, 11) is 0. The van der Waals surface area contributed by atoms with E-state index >= 15 is 0 Å². The maximum absolute atomic E-state index is 11.5. The van der Waals surface area contributed by atoms with Gasteiger partial charge in [-0.25, -0.2) is 9.59 Å². The van der Waals surface area contributed by atoms with Crippen LogP contribution >= 0.6 is 0 Å². The molecule has 2 amide bonds. The van der Waals surface area contributed by atoms with E-state index in [1.54, 1.807) is 0 Å². The van der Waals surface area contributed by atoms with Crippen LogP contribution in [0.15, 0.2) is 24.3 Å². The lowest BCUT2D eigenvalue weighted by Crippen LogP contribution is -2.47. The number of rotatable bonds is 8. The third kappa shape index (κ3) is 6.62. The number of carboxylic acids is 1. The normalized spacial score (nSPS) is 11.5. The van der Waals surface area contributed by atoms with E-state index in [0.717, 1.165) is 5.56 Å². The van der Waals surface area contributed by atoms with Crippen LogP contribution in [-0.4, -0.2) is 48.0 Å². The van der Waals surface area contributed by atoms with Crippen LogP contribution in [0, 0.1) is 6.92 Å². The molecule has 1 aromatic rings. The molecule has 0 aliphatic rings. The second-order valence-electron chi connectivity index (χ2n) is 4.47. The number of ether oxygens (including phenoxy) is 1. The van der Waals surface area contributed by atoms with E-state index in [0.29, 0.717) is 5.75 Å². The van der Waals surface area contributed by atoms with Crippen molar-refractivity contribution >= 4 is 12.0 Å². The van der Waals surface area contributed by atoms with E-state index in [9.17, 15) is 9.59 Å². The second-order valence-corrected chi connectivity index (χ2v) is 4.47. The van der Waals surface area contributed by atoms with Gasteiger partial charge in [0.1, 0.15) is 18.4 Å². The van der Waals surface area contributed by atoms with Gasteiger partial charge in [0, 0.05) is 13.0 Å². The van der Waals surface area contributed by atoms with E-state index in [1.165, 1.54) is 0 Å². The Hall–Kier alpha value is -2.28. The number of aliphatic hydroxyl groups is 1. The van der Waals surface area contributed by atoms with Gasteiger partial charge in [-0.3, -0.25) is 0 Å². The van der Waals surface area contributed by atoms with Crippen LogP contribution in [0.2, 0.25) is 0 Å². The first-order valence-corrected chi connectivity index (χ1v) is 6.60. The molecule has 0 unspecified atom stereocenters. The number of amides is 2. The van der Waals surface area contributed by atoms with Crippen molar-refractivity contribution in [3.63, 3.8) is 0 Å². The maximum atomic E-state index is 11.5. The first-order valence-electron chi connectivity index (χ1n) is 6.60. The average molecular weight is 296 g/mol. The lowest BCUT2D eigenvalue weighted by Gasteiger charge is -2.14. The van der Waals surface area contributed by atoms with Gasteiger partial charge >= 0.3 is 12.0 Å². The molecule has 21 heavy (non-hydrogen) atoms. The Morgan fingerprint density at radius 1 is 1.38 bits per heavy atom. The summed E-state index contributed by atoms with van der Waals surface area (Å²) in [5, 5.41) is 22.3. The lowest BCUT2D eigenvalue weighted by molar-refractivity contribution is -0.139. The Bertz CT molecular complexity index is 478. The third-order valence-electron chi connectivity index (χ3n) is 2.67. The molecule has 0 saturated heterocycles. The average Bonchev–Trinajstić information content (AvgIpc) is 2.43. The predicted molar refractivity (Wildman–Crippen MR) is 76.3 cm³/mol. The van der Waals surface area contributed by atoms with Crippen molar-refractivity contribution in [3.05, 3.63) is 29.8 Å². The molecule has 0 bridgehead atoms. The van der Waals surface area contributed by atoms with E-state index in [1.807, 2.05) is 31.2 Å². The van der Waals surface area contributed by atoms with E-state index < -0.39 is 18.0 Å². The molecule has 0 radical (unpaired) electrons. The Kier molecular flexibility index (Phi) is 7.03. The molecule has 0 aliphatic heterocycles. The first-order chi connectivity index (χ1) is 10.0. The number of aliphatic hydroxyl groups excluding tert-OH is 1. The summed E-state index contributed by atoms with van der Waals surface area (Å²) in [6.07, 6.45) is -0.0391. The number of hydrogen-bond donors (Lipinski definition) is 4. The van der Waals surface area contributed by atoms with Crippen LogP contribution in [-0.2, 0) is 4.79 Å². The fourth-order valence-electron chi connectivity index (χ4n) is 1.63. The third-order valence-corrected chi connectivity index (χ3v) is 2.67. The molecule has 0 aromatic heterocycles. The fraction of sp³-hybridized carbons (Fsp3) is 0.429. The summed E-state index contributed by atoms with van der Waals surface area (Å²) in [6, 6.07) is 5.80. The van der Waals surface area contributed by atoms with Crippen molar-refractivity contribution in [1.82, 2.24) is 10.6 Å². The Morgan fingerprint density at radius 2 is 2.14 bits per heavy atom. The second kappa shape index (κ2) is 8.80. The molecule has 1 atom stereocenters. The first kappa shape index (κ1) is 16.8. The standard InChI is InChI=1S/C14H20N2O5/c1-10-3-2-4-11(9-10)21-8-6-15-14(20)16-12(5-7-17)13(18)19/h2-4,9,12,17H,5-8H2,1H3,(H,18,19)(H2,15,16,20)/t12-/m1/s1. The number of carbonyl (C=O) groups excluding carboxylic acids is 1. The van der Waals surface area contributed by atoms with Gasteiger partial charge in [0.25, 0.3) is 0 Å². The van der Waals surface area contributed by atoms with Gasteiger partial charge in [-0.05, 0) is 24.6 Å². The quantitative estimate of drug-likeness (QED) is 0.523. The molecule has 1 rings (SSSR count). The molecule has 7 heteroatoms. The van der Waals surface area contributed by atoms with Crippen LogP contribution in [0.25, 0.3) is 0 Å². The highest BCUT2D eigenvalue weighted by molar-refractivity contribution is 5.82. The number of hydrogen-bond acceptors (Lipinski definition) is 4. The molecular formula is C14H20N2O5. The van der Waals surface area contributed by atoms with E-state index in [4.69, 9.17) is 14.9 Å². The highest BCUT2D eigenvalue weighted by Crippen LogP contribution is 2.11. The minimum atomic E-state index is -1.18. The fourth-order valence-corrected chi connectivity index (χ4v) is 1.63. The zero-order valence-electron chi connectivity index (χ0n) is 11.8. The zero-order valence-corrected chi connectivity index (χ0v) is 11.8. The number of aliphatic carboxylic acids is 1. The summed E-state index contributed by atoms with van der Waals surface area (Å²) in [5.74, 6) is -0.476. The van der Waals surface area contributed by atoms with Gasteiger partial charge < -0.3 is 25.6 Å². The van der Waals surface area contributed by atoms with Crippen molar-refractivity contribution in [1.29, 1.82) is 0 Å². The molecule has 0 saturated carbocycles. The largest absolute Gasteiger partial charge is 0.492 e. The van der Waals surface area contributed by atoms with Crippen molar-refractivity contribution in [2.45, 2.75) is 19.4 Å². The van der Waals surface area contributed by atoms with Crippen LogP contribution in [0.5, 0.6) is 5.75 Å². The van der Waals surface area contributed by atoms with Crippen LogP contribution in [0.1, 0.15) is 12.0 Å². The summed E-state index contributed by atoms with van der Waals surface area (Å²) in [6.45, 7) is 2.15. The van der Waals surface area contributed by atoms with Gasteiger partial charge in [0.15, 0.2) is 0 Å². The number of benzene rings is 1. The number of carboxylic acid groups (broad SMARTS) is 1. The van der Waals surface area contributed by atoms with Crippen LogP contribution < -0.4 is 15.4 Å². The molecule has 1 aromatic carbocycles. The molecule has 0 aliphatic carbocycles. The van der Waals surface area contributed by atoms with Gasteiger partial charge in [-0.15, -0.1) is 0 Å². The SMILES string of the molecule is Cc1cccc(OCCNC(=O)N[C@H](CCO)C(=O)O)c1. The van der Waals surface area contributed by atoms with E-state index in [-0.39, 0.29) is 26.2 Å². The van der Waals surface area contributed by atoms with Gasteiger partial charge in [-0.2, -0.15) is 0 Å². The molecule has 116 valence electrons. The number of aryl methyl sites for hydroxylation is 1. The van der Waals surface area contributed by atoms with Crippen molar-refractivity contribution < 1.29 is 24.5 Å². The minimum Gasteiger partial charge on any atom is -0.492 e. The highest BCUT2D eigenvalue weighted by atomic mass is 16.5. The maximum Gasteiger partial charge on any atom is 0.326 e. The van der Waals surface area contributed by atoms with Gasteiger partial charge in [0.05, 0.1) is 6.54 Å². The minimum absolute atomic E-state index is 0.0391. The summed E-state index contributed by atoms with van der Waals surface area (Å²) >= 11 is 0. The van der Waals surface area contributed by atoms with Crippen molar-refractivity contribution in [3.8, 4) is 5.75 Å². The summed E-state index contributed by atoms with van der Waals surface area (Å²) < 4.78 is 5.44. The Morgan fingerprint density at radius 3 is 2.76 bits per heavy atom. The van der Waals surface area contributed by atoms with Crippen molar-refractivity contribution in [2.75, 3.05) is 19.8 Å². The zero-order chi connectivity index (χ0) is 15.7. The molecule has 0 fully saturated rings. The topological polar surface area (TPSA) is 108 Å². The number of carbonyl (C=O) groups is 2. The van der Waals surface area contributed by atoms with Crippen LogP contribution in [0.4, 0.5) is 4.79 Å². The summed E-state index contributed by atoms with van der Waals surface area (Å²) in [4.78, 5) is 22.3. The monoisotopic (exact) mass is 296 g/mol. The number of nitrogens with one attached hydrogen (secondary N) is 2. The Balaban J connectivity index is 2.25. The van der Waals surface area contributed by atoms with Gasteiger partial charge in [-0.1, -0.05) is 12.1 Å².